The van der Waals surface area contributed by atoms with Crippen molar-refractivity contribution in [2.24, 2.45) is 4.99 Å². The first kappa shape index (κ1) is 23.3. The number of nitrogens with zero attached hydrogens (tertiary/aromatic N) is 3. The summed E-state index contributed by atoms with van der Waals surface area (Å²) in [6.45, 7) is 12.7. The summed E-state index contributed by atoms with van der Waals surface area (Å²) in [6, 6.07) is 7.24. The van der Waals surface area contributed by atoms with Crippen LogP contribution in [0, 0.1) is 0 Å². The first-order valence-electron chi connectivity index (χ1n) is 11.3. The first-order valence-corrected chi connectivity index (χ1v) is 11.3. The van der Waals surface area contributed by atoms with Crippen LogP contribution in [0.15, 0.2) is 52.9 Å². The average Bonchev–Trinajstić information content (AvgIpc) is 2.80. The van der Waals surface area contributed by atoms with Crippen molar-refractivity contribution in [1.82, 2.24) is 15.1 Å². The lowest BCUT2D eigenvalue weighted by Gasteiger charge is -2.30. The van der Waals surface area contributed by atoms with E-state index in [-0.39, 0.29) is 5.75 Å². The van der Waals surface area contributed by atoms with Gasteiger partial charge in [0.1, 0.15) is 11.6 Å². The predicted octanol–water partition coefficient (Wildman–Crippen LogP) is 2.59. The van der Waals surface area contributed by atoms with Crippen LogP contribution in [-0.2, 0) is 9.47 Å². The Labute approximate surface area is 186 Å². The third-order valence-electron chi connectivity index (χ3n) is 5.45. The number of benzene rings is 1. The zero-order valence-corrected chi connectivity index (χ0v) is 18.8. The van der Waals surface area contributed by atoms with Crippen LogP contribution in [-0.4, -0.2) is 86.3 Å². The second-order valence-corrected chi connectivity index (χ2v) is 7.80. The molecule has 2 saturated heterocycles. The van der Waals surface area contributed by atoms with E-state index in [1.54, 1.807) is 12.1 Å². The van der Waals surface area contributed by atoms with E-state index >= 15 is 0 Å². The van der Waals surface area contributed by atoms with Crippen LogP contribution >= 0.6 is 0 Å². The fraction of sp³-hybridized carbons (Fsp3) is 0.542. The molecule has 2 heterocycles. The quantitative estimate of drug-likeness (QED) is 0.465. The molecule has 0 spiro atoms. The van der Waals surface area contributed by atoms with Crippen molar-refractivity contribution in [3.05, 3.63) is 53.5 Å². The van der Waals surface area contributed by atoms with E-state index < -0.39 is 0 Å². The molecular weight excluding hydrogens is 392 g/mol. The standard InChI is InChI=1S/C24H36N4O3/c1-3-5-22(25-8-9-27-10-14-30-15-11-27)19-24(28-12-16-31-17-13-28)26-20(2)21-6-4-7-23(29)18-21/h4-7,18-19,25,29H,3,8-17H2,1-2H3/b22-5-,24-19+,26-20+. The van der Waals surface area contributed by atoms with Gasteiger partial charge in [-0.15, -0.1) is 0 Å². The molecule has 0 atom stereocenters. The summed E-state index contributed by atoms with van der Waals surface area (Å²) in [5.41, 5.74) is 2.88. The lowest BCUT2D eigenvalue weighted by Crippen LogP contribution is -2.40. The molecular formula is C24H36N4O3. The highest BCUT2D eigenvalue weighted by Crippen LogP contribution is 2.17. The number of rotatable bonds is 9. The summed E-state index contributed by atoms with van der Waals surface area (Å²) < 4.78 is 11.0. The van der Waals surface area contributed by atoms with Gasteiger partial charge in [0.2, 0.25) is 0 Å². The number of nitrogens with one attached hydrogen (secondary N) is 1. The molecule has 170 valence electrons. The van der Waals surface area contributed by atoms with Crippen molar-refractivity contribution in [2.75, 3.05) is 65.7 Å². The number of phenols is 1. The summed E-state index contributed by atoms with van der Waals surface area (Å²) in [5, 5.41) is 13.4. The molecule has 7 nitrogen and oxygen atoms in total. The Morgan fingerprint density at radius 3 is 2.52 bits per heavy atom. The van der Waals surface area contributed by atoms with E-state index in [1.807, 2.05) is 19.1 Å². The Morgan fingerprint density at radius 1 is 1.13 bits per heavy atom. The number of allylic oxidation sites excluding steroid dienone is 2. The van der Waals surface area contributed by atoms with Gasteiger partial charge in [0, 0.05) is 56.8 Å². The molecule has 0 saturated carbocycles. The van der Waals surface area contributed by atoms with Gasteiger partial charge < -0.3 is 24.8 Å². The highest BCUT2D eigenvalue weighted by atomic mass is 16.5. The van der Waals surface area contributed by atoms with Crippen LogP contribution in [0.2, 0.25) is 0 Å². The van der Waals surface area contributed by atoms with Crippen LogP contribution in [0.3, 0.4) is 0 Å². The number of phenolic OH excluding ortho intramolecular Hbond substituents is 1. The van der Waals surface area contributed by atoms with E-state index in [0.29, 0.717) is 13.2 Å². The normalized spacial score (nSPS) is 19.5. The highest BCUT2D eigenvalue weighted by molar-refractivity contribution is 5.99. The van der Waals surface area contributed by atoms with Crippen molar-refractivity contribution in [2.45, 2.75) is 20.3 Å². The SMILES string of the molecule is CC/C=C(/C=C(\N=C(/C)c1cccc(O)c1)N1CCOCC1)NCCN1CCOCC1. The molecule has 2 aliphatic heterocycles. The van der Waals surface area contributed by atoms with Gasteiger partial charge in [0.05, 0.1) is 26.4 Å². The summed E-state index contributed by atoms with van der Waals surface area (Å²) in [7, 11) is 0. The molecule has 7 heteroatoms. The maximum atomic E-state index is 9.84. The number of ether oxygens (including phenoxy) is 2. The van der Waals surface area contributed by atoms with Gasteiger partial charge in [-0.3, -0.25) is 4.90 Å². The van der Waals surface area contributed by atoms with Gasteiger partial charge in [-0.1, -0.05) is 25.1 Å². The van der Waals surface area contributed by atoms with Crippen molar-refractivity contribution >= 4 is 5.71 Å². The molecule has 2 N–H and O–H groups in total. The number of hydrogen-bond donors (Lipinski definition) is 2. The molecule has 0 aliphatic carbocycles. The zero-order valence-electron chi connectivity index (χ0n) is 18.8. The predicted molar refractivity (Wildman–Crippen MR) is 124 cm³/mol. The molecule has 2 aliphatic rings. The van der Waals surface area contributed by atoms with Crippen LogP contribution in [0.25, 0.3) is 0 Å². The van der Waals surface area contributed by atoms with Gasteiger partial charge in [-0.25, -0.2) is 4.99 Å². The third kappa shape index (κ3) is 7.69. The minimum Gasteiger partial charge on any atom is -0.508 e. The van der Waals surface area contributed by atoms with Gasteiger partial charge in [-0.05, 0) is 31.0 Å². The van der Waals surface area contributed by atoms with E-state index in [1.165, 1.54) is 0 Å². The van der Waals surface area contributed by atoms with E-state index in [9.17, 15) is 5.11 Å². The van der Waals surface area contributed by atoms with Crippen molar-refractivity contribution in [3.63, 3.8) is 0 Å². The topological polar surface area (TPSA) is 69.6 Å². The first-order chi connectivity index (χ1) is 15.2. The van der Waals surface area contributed by atoms with Crippen LogP contribution in [0.1, 0.15) is 25.8 Å². The van der Waals surface area contributed by atoms with E-state index in [0.717, 1.165) is 81.7 Å². The van der Waals surface area contributed by atoms with Crippen LogP contribution in [0.4, 0.5) is 0 Å². The molecule has 3 rings (SSSR count). The van der Waals surface area contributed by atoms with Gasteiger partial charge in [0.25, 0.3) is 0 Å². The lowest BCUT2D eigenvalue weighted by atomic mass is 10.1. The molecule has 0 bridgehead atoms. The maximum Gasteiger partial charge on any atom is 0.131 e. The molecule has 1 aromatic carbocycles. The second-order valence-electron chi connectivity index (χ2n) is 7.80. The molecule has 0 amide bonds. The number of aliphatic imine (C=N–C) groups is 1. The third-order valence-corrected chi connectivity index (χ3v) is 5.45. The summed E-state index contributed by atoms with van der Waals surface area (Å²) >= 11 is 0. The van der Waals surface area contributed by atoms with Gasteiger partial charge in [0.15, 0.2) is 0 Å². The second kappa shape index (κ2) is 12.5. The fourth-order valence-corrected chi connectivity index (χ4v) is 3.68. The minimum absolute atomic E-state index is 0.250. The van der Waals surface area contributed by atoms with Crippen molar-refractivity contribution in [1.29, 1.82) is 0 Å². The summed E-state index contributed by atoms with van der Waals surface area (Å²) in [5.74, 6) is 1.17. The Bertz CT molecular complexity index is 779. The smallest absolute Gasteiger partial charge is 0.131 e. The minimum atomic E-state index is 0.250. The Morgan fingerprint density at radius 2 is 1.84 bits per heavy atom. The Hall–Kier alpha value is -2.35. The number of morpholine rings is 2. The highest BCUT2D eigenvalue weighted by Gasteiger charge is 2.15. The lowest BCUT2D eigenvalue weighted by molar-refractivity contribution is 0.0387. The molecule has 2 fully saturated rings. The molecule has 31 heavy (non-hydrogen) atoms. The molecule has 1 aromatic rings. The molecule has 0 radical (unpaired) electrons. The monoisotopic (exact) mass is 428 g/mol. The summed E-state index contributed by atoms with van der Waals surface area (Å²) in [4.78, 5) is 9.65. The van der Waals surface area contributed by atoms with E-state index in [4.69, 9.17) is 14.5 Å². The average molecular weight is 429 g/mol. The fourth-order valence-electron chi connectivity index (χ4n) is 3.68. The van der Waals surface area contributed by atoms with Gasteiger partial charge >= 0.3 is 0 Å². The van der Waals surface area contributed by atoms with Gasteiger partial charge in [-0.2, -0.15) is 0 Å². The largest absolute Gasteiger partial charge is 0.508 e. The van der Waals surface area contributed by atoms with Crippen LogP contribution < -0.4 is 5.32 Å². The molecule has 0 unspecified atom stereocenters. The van der Waals surface area contributed by atoms with E-state index in [2.05, 4.69) is 34.2 Å². The number of aromatic hydroxyl groups is 1. The van der Waals surface area contributed by atoms with Crippen molar-refractivity contribution < 1.29 is 14.6 Å². The van der Waals surface area contributed by atoms with Crippen LogP contribution in [0.5, 0.6) is 5.75 Å². The summed E-state index contributed by atoms with van der Waals surface area (Å²) in [6.07, 6.45) is 5.29. The van der Waals surface area contributed by atoms with Crippen molar-refractivity contribution in [3.8, 4) is 5.75 Å². The molecule has 0 aromatic heterocycles. The number of hydrogen-bond acceptors (Lipinski definition) is 7. The zero-order chi connectivity index (χ0) is 21.9. The Balaban J connectivity index is 1.76. The Kier molecular flexibility index (Phi) is 9.39. The maximum absolute atomic E-state index is 9.84.